The van der Waals surface area contributed by atoms with Gasteiger partial charge in [0.15, 0.2) is 6.61 Å². The number of hydrogen-bond donors (Lipinski definition) is 2. The molecule has 0 saturated heterocycles. The monoisotopic (exact) mass is 352 g/mol. The van der Waals surface area contributed by atoms with E-state index in [0.29, 0.717) is 22.7 Å². The fourth-order valence-electron chi connectivity index (χ4n) is 2.03. The van der Waals surface area contributed by atoms with Crippen molar-refractivity contribution in [3.8, 4) is 17.6 Å². The lowest BCUT2D eigenvalue weighted by Gasteiger charge is -2.06. The highest BCUT2D eigenvalue weighted by Gasteiger charge is 2.10. The second-order valence-electron chi connectivity index (χ2n) is 5.11. The standard InChI is InChI=1S/C19H16N2O5/c1-25-16-7-5-15(6-8-16)21-19(24)14(11-20)9-13-3-2-4-17(10-13)26-12-18(22)23/h2-10H,12H2,1H3,(H,21,24)(H,22,23)/b14-9-. The van der Waals surface area contributed by atoms with Crippen molar-refractivity contribution in [1.29, 1.82) is 5.26 Å². The van der Waals surface area contributed by atoms with Gasteiger partial charge in [-0.2, -0.15) is 5.26 Å². The molecule has 0 aliphatic carbocycles. The van der Waals surface area contributed by atoms with E-state index in [4.69, 9.17) is 14.6 Å². The Morgan fingerprint density at radius 3 is 2.54 bits per heavy atom. The molecule has 1 amide bonds. The number of nitriles is 1. The average molecular weight is 352 g/mol. The van der Waals surface area contributed by atoms with Gasteiger partial charge in [-0.25, -0.2) is 4.79 Å². The van der Waals surface area contributed by atoms with Crippen molar-refractivity contribution in [2.45, 2.75) is 0 Å². The molecular weight excluding hydrogens is 336 g/mol. The first-order chi connectivity index (χ1) is 12.5. The number of carboxylic acid groups (broad SMARTS) is 1. The number of anilines is 1. The lowest BCUT2D eigenvalue weighted by Crippen LogP contribution is -2.13. The van der Waals surface area contributed by atoms with Crippen molar-refractivity contribution in [1.82, 2.24) is 0 Å². The number of benzene rings is 2. The van der Waals surface area contributed by atoms with Crippen LogP contribution in [0.5, 0.6) is 11.5 Å². The van der Waals surface area contributed by atoms with Crippen molar-refractivity contribution < 1.29 is 24.2 Å². The first kappa shape index (κ1) is 18.5. The lowest BCUT2D eigenvalue weighted by molar-refractivity contribution is -0.139. The maximum absolute atomic E-state index is 12.3. The second-order valence-corrected chi connectivity index (χ2v) is 5.11. The molecular formula is C19H16N2O5. The molecule has 7 heteroatoms. The van der Waals surface area contributed by atoms with E-state index in [0.717, 1.165) is 0 Å². The third kappa shape index (κ3) is 5.39. The van der Waals surface area contributed by atoms with Gasteiger partial charge in [0, 0.05) is 5.69 Å². The van der Waals surface area contributed by atoms with E-state index in [1.807, 2.05) is 6.07 Å². The number of nitrogens with one attached hydrogen (secondary N) is 1. The molecule has 0 radical (unpaired) electrons. The highest BCUT2D eigenvalue weighted by molar-refractivity contribution is 6.09. The summed E-state index contributed by atoms with van der Waals surface area (Å²) >= 11 is 0. The van der Waals surface area contributed by atoms with Crippen LogP contribution in [0, 0.1) is 11.3 Å². The Morgan fingerprint density at radius 1 is 1.19 bits per heavy atom. The number of carbonyl (C=O) groups excluding carboxylic acids is 1. The predicted molar refractivity (Wildman–Crippen MR) is 94.8 cm³/mol. The highest BCUT2D eigenvalue weighted by Crippen LogP contribution is 2.18. The van der Waals surface area contributed by atoms with E-state index in [9.17, 15) is 14.9 Å². The van der Waals surface area contributed by atoms with Gasteiger partial charge in [-0.3, -0.25) is 4.79 Å². The van der Waals surface area contributed by atoms with E-state index < -0.39 is 18.5 Å². The van der Waals surface area contributed by atoms with Gasteiger partial charge < -0.3 is 19.9 Å². The van der Waals surface area contributed by atoms with Crippen LogP contribution in [0.3, 0.4) is 0 Å². The summed E-state index contributed by atoms with van der Waals surface area (Å²) in [5, 5.41) is 20.5. The summed E-state index contributed by atoms with van der Waals surface area (Å²) in [5.74, 6) is -0.678. The van der Waals surface area contributed by atoms with Gasteiger partial charge in [0.1, 0.15) is 23.1 Å². The van der Waals surface area contributed by atoms with Crippen molar-refractivity contribution in [3.63, 3.8) is 0 Å². The maximum atomic E-state index is 12.3. The van der Waals surface area contributed by atoms with Crippen LogP contribution in [-0.4, -0.2) is 30.7 Å². The predicted octanol–water partition coefficient (Wildman–Crippen LogP) is 2.70. The highest BCUT2D eigenvalue weighted by atomic mass is 16.5. The fourth-order valence-corrected chi connectivity index (χ4v) is 2.03. The molecule has 2 rings (SSSR count). The number of nitrogens with zero attached hydrogens (tertiary/aromatic N) is 1. The molecule has 26 heavy (non-hydrogen) atoms. The van der Waals surface area contributed by atoms with Crippen molar-refractivity contribution >= 4 is 23.6 Å². The maximum Gasteiger partial charge on any atom is 0.341 e. The quantitative estimate of drug-likeness (QED) is 0.586. The summed E-state index contributed by atoms with van der Waals surface area (Å²) in [6.07, 6.45) is 1.40. The van der Waals surface area contributed by atoms with Crippen molar-refractivity contribution in [3.05, 3.63) is 59.7 Å². The molecule has 0 atom stereocenters. The van der Waals surface area contributed by atoms with E-state index in [1.165, 1.54) is 6.08 Å². The zero-order valence-electron chi connectivity index (χ0n) is 13.9. The average Bonchev–Trinajstić information content (AvgIpc) is 2.65. The Labute approximate surface area is 150 Å². The molecule has 0 aromatic heterocycles. The molecule has 0 aliphatic rings. The molecule has 0 aliphatic heterocycles. The zero-order valence-corrected chi connectivity index (χ0v) is 13.9. The first-order valence-corrected chi connectivity index (χ1v) is 7.53. The summed E-state index contributed by atoms with van der Waals surface area (Å²) in [6, 6.07) is 15.0. The van der Waals surface area contributed by atoms with Gasteiger partial charge in [0.25, 0.3) is 5.91 Å². The van der Waals surface area contributed by atoms with E-state index in [2.05, 4.69) is 5.32 Å². The SMILES string of the molecule is COc1ccc(NC(=O)/C(C#N)=C\c2cccc(OCC(=O)O)c2)cc1. The van der Waals surface area contributed by atoms with Gasteiger partial charge in [-0.1, -0.05) is 12.1 Å². The minimum Gasteiger partial charge on any atom is -0.497 e. The van der Waals surface area contributed by atoms with E-state index in [-0.39, 0.29) is 5.57 Å². The minimum absolute atomic E-state index is 0.101. The summed E-state index contributed by atoms with van der Waals surface area (Å²) in [5.41, 5.74) is 0.959. The largest absolute Gasteiger partial charge is 0.497 e. The Balaban J connectivity index is 2.13. The van der Waals surface area contributed by atoms with E-state index in [1.54, 1.807) is 55.6 Å². The second kappa shape index (κ2) is 8.89. The Morgan fingerprint density at radius 2 is 1.92 bits per heavy atom. The van der Waals surface area contributed by atoms with Crippen molar-refractivity contribution in [2.24, 2.45) is 0 Å². The molecule has 0 fully saturated rings. The number of ether oxygens (including phenoxy) is 2. The smallest absolute Gasteiger partial charge is 0.341 e. The Hall–Kier alpha value is -3.79. The lowest BCUT2D eigenvalue weighted by atomic mass is 10.1. The minimum atomic E-state index is -1.09. The topological polar surface area (TPSA) is 109 Å². The van der Waals surface area contributed by atoms with Gasteiger partial charge in [0.2, 0.25) is 0 Å². The molecule has 0 bridgehead atoms. The third-order valence-corrected chi connectivity index (χ3v) is 3.24. The van der Waals surface area contributed by atoms with Crippen LogP contribution in [0.1, 0.15) is 5.56 Å². The van der Waals surface area contributed by atoms with Crippen LogP contribution >= 0.6 is 0 Å². The summed E-state index contributed by atoms with van der Waals surface area (Å²) in [6.45, 7) is -0.476. The molecule has 0 spiro atoms. The normalized spacial score (nSPS) is 10.5. The summed E-state index contributed by atoms with van der Waals surface area (Å²) in [7, 11) is 1.54. The van der Waals surface area contributed by atoms with Crippen LogP contribution in [0.25, 0.3) is 6.08 Å². The number of carbonyl (C=O) groups is 2. The Kier molecular flexibility index (Phi) is 6.34. The van der Waals surface area contributed by atoms with Gasteiger partial charge in [-0.05, 0) is 48.0 Å². The number of aliphatic carboxylic acids is 1. The fraction of sp³-hybridized carbons (Fsp3) is 0.105. The number of hydrogen-bond acceptors (Lipinski definition) is 5. The number of methoxy groups -OCH3 is 1. The molecule has 0 unspecified atom stereocenters. The molecule has 132 valence electrons. The van der Waals surface area contributed by atoms with E-state index >= 15 is 0 Å². The van der Waals surface area contributed by atoms with Crippen LogP contribution in [0.15, 0.2) is 54.1 Å². The summed E-state index contributed by atoms with van der Waals surface area (Å²) in [4.78, 5) is 22.8. The van der Waals surface area contributed by atoms with Crippen LogP contribution in [0.4, 0.5) is 5.69 Å². The van der Waals surface area contributed by atoms with Crippen molar-refractivity contribution in [2.75, 3.05) is 19.0 Å². The number of carboxylic acids is 1. The molecule has 0 saturated carbocycles. The third-order valence-electron chi connectivity index (χ3n) is 3.24. The molecule has 0 heterocycles. The molecule has 2 aromatic carbocycles. The molecule has 2 N–H and O–H groups in total. The van der Waals surface area contributed by atoms with Gasteiger partial charge in [0.05, 0.1) is 7.11 Å². The molecule has 2 aromatic rings. The number of rotatable bonds is 7. The van der Waals surface area contributed by atoms with Crippen LogP contribution < -0.4 is 14.8 Å². The zero-order chi connectivity index (χ0) is 18.9. The summed E-state index contributed by atoms with van der Waals surface area (Å²) < 4.78 is 10.1. The van der Waals surface area contributed by atoms with Gasteiger partial charge in [-0.15, -0.1) is 0 Å². The first-order valence-electron chi connectivity index (χ1n) is 7.53. The number of amides is 1. The van der Waals surface area contributed by atoms with Gasteiger partial charge >= 0.3 is 5.97 Å². The van der Waals surface area contributed by atoms with Crippen LogP contribution in [0.2, 0.25) is 0 Å². The van der Waals surface area contributed by atoms with Crippen LogP contribution in [-0.2, 0) is 9.59 Å². The Bertz CT molecular complexity index is 866. The molecule has 7 nitrogen and oxygen atoms in total.